The van der Waals surface area contributed by atoms with Crippen LogP contribution >= 0.6 is 28.3 Å². The number of benzene rings is 1. The van der Waals surface area contributed by atoms with E-state index < -0.39 is 0 Å². The molecule has 0 bridgehead atoms. The molecule has 0 unspecified atom stereocenters. The standard InChI is InChI=1S/C14H19BrN2O.ClH/c1-10-9-11(3-4-13(10)15)14(18)17(2)12-5-7-16-8-6-12;/h3-4,9,12,16H,5-8H2,1-2H3;1H. The van der Waals surface area contributed by atoms with E-state index in [9.17, 15) is 4.79 Å². The fourth-order valence-electron chi connectivity index (χ4n) is 2.34. The van der Waals surface area contributed by atoms with Gasteiger partial charge in [0.25, 0.3) is 5.91 Å². The minimum atomic E-state index is 0. The topological polar surface area (TPSA) is 32.3 Å². The Bertz CT molecular complexity index is 447. The van der Waals surface area contributed by atoms with Crippen molar-refractivity contribution >= 4 is 34.2 Å². The molecule has 1 aliphatic rings. The molecule has 0 aliphatic carbocycles. The van der Waals surface area contributed by atoms with Gasteiger partial charge in [-0.3, -0.25) is 4.79 Å². The first kappa shape index (κ1) is 16.5. The van der Waals surface area contributed by atoms with E-state index >= 15 is 0 Å². The van der Waals surface area contributed by atoms with Gasteiger partial charge in [-0.15, -0.1) is 12.4 Å². The van der Waals surface area contributed by atoms with Crippen molar-refractivity contribution in [3.8, 4) is 0 Å². The van der Waals surface area contributed by atoms with Crippen LogP contribution in [0.2, 0.25) is 0 Å². The molecule has 1 N–H and O–H groups in total. The third kappa shape index (κ3) is 3.94. The average Bonchev–Trinajstić information content (AvgIpc) is 2.41. The zero-order valence-electron chi connectivity index (χ0n) is 11.3. The maximum Gasteiger partial charge on any atom is 0.253 e. The molecule has 1 aliphatic heterocycles. The van der Waals surface area contributed by atoms with Crippen LogP contribution in [0.15, 0.2) is 22.7 Å². The predicted molar refractivity (Wildman–Crippen MR) is 84.1 cm³/mol. The maximum atomic E-state index is 12.4. The number of amides is 1. The number of carbonyl (C=O) groups is 1. The Balaban J connectivity index is 0.00000180. The van der Waals surface area contributed by atoms with Crippen LogP contribution in [-0.4, -0.2) is 37.0 Å². The largest absolute Gasteiger partial charge is 0.339 e. The number of nitrogens with zero attached hydrogens (tertiary/aromatic N) is 1. The number of carbonyl (C=O) groups excluding carboxylic acids is 1. The van der Waals surface area contributed by atoms with E-state index in [1.807, 2.05) is 37.1 Å². The van der Waals surface area contributed by atoms with E-state index in [1.54, 1.807) is 0 Å². The summed E-state index contributed by atoms with van der Waals surface area (Å²) in [7, 11) is 1.91. The molecule has 1 fully saturated rings. The van der Waals surface area contributed by atoms with Crippen molar-refractivity contribution < 1.29 is 4.79 Å². The molecule has 19 heavy (non-hydrogen) atoms. The zero-order chi connectivity index (χ0) is 13.1. The van der Waals surface area contributed by atoms with Crippen LogP contribution in [0.5, 0.6) is 0 Å². The summed E-state index contributed by atoms with van der Waals surface area (Å²) < 4.78 is 1.04. The highest BCUT2D eigenvalue weighted by molar-refractivity contribution is 9.10. The number of hydrogen-bond acceptors (Lipinski definition) is 2. The van der Waals surface area contributed by atoms with Gasteiger partial charge < -0.3 is 10.2 Å². The molecule has 1 aromatic rings. The van der Waals surface area contributed by atoms with E-state index in [-0.39, 0.29) is 18.3 Å². The lowest BCUT2D eigenvalue weighted by Gasteiger charge is -2.31. The van der Waals surface area contributed by atoms with Crippen LogP contribution in [0.1, 0.15) is 28.8 Å². The Morgan fingerprint density at radius 1 is 1.37 bits per heavy atom. The number of piperidine rings is 1. The molecule has 0 aromatic heterocycles. The van der Waals surface area contributed by atoms with Crippen LogP contribution in [0, 0.1) is 6.92 Å². The lowest BCUT2D eigenvalue weighted by atomic mass is 10.0. The van der Waals surface area contributed by atoms with Crippen LogP contribution in [-0.2, 0) is 0 Å². The summed E-state index contributed by atoms with van der Waals surface area (Å²) in [6, 6.07) is 6.14. The van der Waals surface area contributed by atoms with Crippen molar-refractivity contribution in [2.45, 2.75) is 25.8 Å². The molecule has 0 spiro atoms. The van der Waals surface area contributed by atoms with Gasteiger partial charge in [-0.05, 0) is 56.6 Å². The van der Waals surface area contributed by atoms with Crippen molar-refractivity contribution in [1.82, 2.24) is 10.2 Å². The van der Waals surface area contributed by atoms with Gasteiger partial charge in [0.05, 0.1) is 0 Å². The molecule has 0 saturated carbocycles. The molecule has 1 aromatic carbocycles. The number of halogens is 2. The smallest absolute Gasteiger partial charge is 0.253 e. The van der Waals surface area contributed by atoms with E-state index in [4.69, 9.17) is 0 Å². The minimum absolute atomic E-state index is 0. The Morgan fingerprint density at radius 3 is 2.58 bits per heavy atom. The van der Waals surface area contributed by atoms with Crippen LogP contribution in [0.3, 0.4) is 0 Å². The maximum absolute atomic E-state index is 12.4. The van der Waals surface area contributed by atoms with Gasteiger partial charge in [0.1, 0.15) is 0 Å². The third-order valence-electron chi connectivity index (χ3n) is 3.58. The van der Waals surface area contributed by atoms with Crippen molar-refractivity contribution in [2.75, 3.05) is 20.1 Å². The molecule has 0 radical (unpaired) electrons. The van der Waals surface area contributed by atoms with Gasteiger partial charge >= 0.3 is 0 Å². The highest BCUT2D eigenvalue weighted by Crippen LogP contribution is 2.19. The van der Waals surface area contributed by atoms with Gasteiger partial charge in [-0.1, -0.05) is 15.9 Å². The van der Waals surface area contributed by atoms with Crippen molar-refractivity contribution in [2.24, 2.45) is 0 Å². The normalized spacial score (nSPS) is 15.7. The lowest BCUT2D eigenvalue weighted by molar-refractivity contribution is 0.0703. The van der Waals surface area contributed by atoms with E-state index in [1.165, 1.54) is 0 Å². The Labute approximate surface area is 129 Å². The number of aryl methyl sites for hydroxylation is 1. The first-order valence-corrected chi connectivity index (χ1v) is 7.13. The molecule has 0 atom stereocenters. The summed E-state index contributed by atoms with van der Waals surface area (Å²) in [6.07, 6.45) is 2.08. The van der Waals surface area contributed by atoms with Crippen molar-refractivity contribution in [3.63, 3.8) is 0 Å². The quantitative estimate of drug-likeness (QED) is 0.892. The van der Waals surface area contributed by atoms with Crippen LogP contribution in [0.25, 0.3) is 0 Å². The highest BCUT2D eigenvalue weighted by atomic mass is 79.9. The molecule has 3 nitrogen and oxygen atoms in total. The highest BCUT2D eigenvalue weighted by Gasteiger charge is 2.22. The summed E-state index contributed by atoms with van der Waals surface area (Å²) in [5.41, 5.74) is 1.87. The predicted octanol–water partition coefficient (Wildman–Crippen LogP) is 3.00. The molecule has 106 valence electrons. The summed E-state index contributed by atoms with van der Waals surface area (Å²) in [5, 5.41) is 3.32. The summed E-state index contributed by atoms with van der Waals surface area (Å²) in [5.74, 6) is 0.123. The monoisotopic (exact) mass is 346 g/mol. The Morgan fingerprint density at radius 2 is 2.00 bits per heavy atom. The van der Waals surface area contributed by atoms with Gasteiger partial charge in [0.15, 0.2) is 0 Å². The van der Waals surface area contributed by atoms with Crippen molar-refractivity contribution in [3.05, 3.63) is 33.8 Å². The minimum Gasteiger partial charge on any atom is -0.339 e. The molecule has 5 heteroatoms. The molecule has 1 saturated heterocycles. The fraction of sp³-hybridized carbons (Fsp3) is 0.500. The van der Waals surface area contributed by atoms with Crippen LogP contribution in [0.4, 0.5) is 0 Å². The average molecular weight is 348 g/mol. The van der Waals surface area contributed by atoms with Gasteiger partial charge in [0.2, 0.25) is 0 Å². The van der Waals surface area contributed by atoms with E-state index in [0.717, 1.165) is 41.5 Å². The zero-order valence-corrected chi connectivity index (χ0v) is 13.7. The molecule has 2 rings (SSSR count). The Kier molecular flexibility index (Phi) is 6.30. The van der Waals surface area contributed by atoms with Gasteiger partial charge in [0, 0.05) is 23.1 Å². The lowest BCUT2D eigenvalue weighted by Crippen LogP contribution is -2.43. The molecule has 1 heterocycles. The number of hydrogen-bond donors (Lipinski definition) is 1. The second kappa shape index (κ2) is 7.27. The van der Waals surface area contributed by atoms with Gasteiger partial charge in [-0.25, -0.2) is 0 Å². The first-order valence-electron chi connectivity index (χ1n) is 6.33. The van der Waals surface area contributed by atoms with Crippen LogP contribution < -0.4 is 5.32 Å². The summed E-state index contributed by atoms with van der Waals surface area (Å²) >= 11 is 3.46. The molecule has 1 amide bonds. The first-order chi connectivity index (χ1) is 8.59. The second-order valence-electron chi connectivity index (χ2n) is 4.86. The number of nitrogens with one attached hydrogen (secondary N) is 1. The number of rotatable bonds is 2. The molecular formula is C14H20BrClN2O. The summed E-state index contributed by atoms with van der Waals surface area (Å²) in [4.78, 5) is 14.3. The fourth-order valence-corrected chi connectivity index (χ4v) is 2.59. The van der Waals surface area contributed by atoms with E-state index in [0.29, 0.717) is 6.04 Å². The summed E-state index contributed by atoms with van der Waals surface area (Å²) in [6.45, 7) is 4.01. The molecular weight excluding hydrogens is 328 g/mol. The second-order valence-corrected chi connectivity index (χ2v) is 5.72. The van der Waals surface area contributed by atoms with Gasteiger partial charge in [-0.2, -0.15) is 0 Å². The van der Waals surface area contributed by atoms with Crippen molar-refractivity contribution in [1.29, 1.82) is 0 Å². The Hall–Kier alpha value is -0.580. The SMILES string of the molecule is Cc1cc(C(=O)N(C)C2CCNCC2)ccc1Br.Cl. The third-order valence-corrected chi connectivity index (χ3v) is 4.47. The van der Waals surface area contributed by atoms with E-state index in [2.05, 4.69) is 21.2 Å².